The van der Waals surface area contributed by atoms with E-state index in [-0.39, 0.29) is 18.8 Å². The predicted molar refractivity (Wildman–Crippen MR) is 90.8 cm³/mol. The zero-order valence-corrected chi connectivity index (χ0v) is 13.3. The zero-order chi connectivity index (χ0) is 17.5. The van der Waals surface area contributed by atoms with Gasteiger partial charge in [0.2, 0.25) is 0 Å². The number of aliphatic hydroxyl groups is 1. The maximum atomic E-state index is 12.5. The third kappa shape index (κ3) is 4.30. The second kappa shape index (κ2) is 8.07. The van der Waals surface area contributed by atoms with Gasteiger partial charge in [-0.3, -0.25) is 10.1 Å². The monoisotopic (exact) mass is 329 g/mol. The van der Waals surface area contributed by atoms with Crippen LogP contribution in [0, 0.1) is 17.0 Å². The van der Waals surface area contributed by atoms with E-state index < -0.39 is 11.0 Å². The van der Waals surface area contributed by atoms with Gasteiger partial charge in [-0.15, -0.1) is 0 Å². The summed E-state index contributed by atoms with van der Waals surface area (Å²) >= 11 is 0. The normalized spacial score (nSPS) is 10.2. The van der Waals surface area contributed by atoms with Crippen LogP contribution in [-0.4, -0.2) is 34.1 Å². The molecule has 0 aliphatic carbocycles. The first-order valence-corrected chi connectivity index (χ1v) is 7.47. The van der Waals surface area contributed by atoms with Gasteiger partial charge in [0.15, 0.2) is 0 Å². The van der Waals surface area contributed by atoms with Crippen molar-refractivity contribution in [2.24, 2.45) is 0 Å². The number of benzene rings is 2. The smallest absolute Gasteiger partial charge is 0.322 e. The lowest BCUT2D eigenvalue weighted by Crippen LogP contribution is -2.36. The lowest BCUT2D eigenvalue weighted by atomic mass is 10.1. The molecule has 7 heteroatoms. The number of hydrogen-bond donors (Lipinski definition) is 2. The Morgan fingerprint density at radius 1 is 1.21 bits per heavy atom. The van der Waals surface area contributed by atoms with Crippen LogP contribution in [0.3, 0.4) is 0 Å². The molecule has 2 N–H and O–H groups in total. The Kier molecular flexibility index (Phi) is 5.86. The Hall–Kier alpha value is -2.93. The fourth-order valence-corrected chi connectivity index (χ4v) is 2.33. The molecule has 0 radical (unpaired) electrons. The van der Waals surface area contributed by atoms with Crippen molar-refractivity contribution in [1.29, 1.82) is 0 Å². The standard InChI is InChI=1S/C17H19N3O4/c1-13-15(8-5-9-16(13)20(23)24)18-17(22)19(10-11-21)12-14-6-3-2-4-7-14/h2-9,21H,10-12H2,1H3,(H,18,22). The van der Waals surface area contributed by atoms with E-state index in [1.165, 1.54) is 17.0 Å². The summed E-state index contributed by atoms with van der Waals surface area (Å²) in [4.78, 5) is 24.4. The van der Waals surface area contributed by atoms with E-state index in [9.17, 15) is 20.0 Å². The summed E-state index contributed by atoms with van der Waals surface area (Å²) in [5, 5.41) is 22.9. The molecule has 0 fully saturated rings. The van der Waals surface area contributed by atoms with E-state index in [0.29, 0.717) is 17.8 Å². The minimum atomic E-state index is -0.486. The number of aliphatic hydroxyl groups excluding tert-OH is 1. The van der Waals surface area contributed by atoms with E-state index in [2.05, 4.69) is 5.32 Å². The van der Waals surface area contributed by atoms with Gasteiger partial charge in [-0.2, -0.15) is 0 Å². The average molecular weight is 329 g/mol. The first kappa shape index (κ1) is 17.4. The largest absolute Gasteiger partial charge is 0.395 e. The van der Waals surface area contributed by atoms with E-state index >= 15 is 0 Å². The SMILES string of the molecule is Cc1c(NC(=O)N(CCO)Cc2ccccc2)cccc1[N+](=O)[O-]. The summed E-state index contributed by atoms with van der Waals surface area (Å²) in [6, 6.07) is 13.5. The number of rotatable bonds is 6. The Morgan fingerprint density at radius 3 is 2.54 bits per heavy atom. The van der Waals surface area contributed by atoms with Crippen LogP contribution in [-0.2, 0) is 6.54 Å². The van der Waals surface area contributed by atoms with Crippen molar-refractivity contribution in [3.8, 4) is 0 Å². The lowest BCUT2D eigenvalue weighted by molar-refractivity contribution is -0.385. The Labute approximate surface area is 139 Å². The summed E-state index contributed by atoms with van der Waals surface area (Å²) in [6.45, 7) is 1.91. The van der Waals surface area contributed by atoms with Crippen LogP contribution < -0.4 is 5.32 Å². The van der Waals surface area contributed by atoms with Crippen LogP contribution in [0.2, 0.25) is 0 Å². The summed E-state index contributed by atoms with van der Waals surface area (Å²) in [5.41, 5.74) is 1.64. The molecule has 24 heavy (non-hydrogen) atoms. The average Bonchev–Trinajstić information content (AvgIpc) is 2.57. The van der Waals surface area contributed by atoms with Crippen LogP contribution in [0.1, 0.15) is 11.1 Å². The number of anilines is 1. The summed E-state index contributed by atoms with van der Waals surface area (Å²) in [6.07, 6.45) is 0. The van der Waals surface area contributed by atoms with E-state index in [4.69, 9.17) is 0 Å². The number of amides is 2. The van der Waals surface area contributed by atoms with Crippen LogP contribution in [0.25, 0.3) is 0 Å². The third-order valence-corrected chi connectivity index (χ3v) is 3.62. The fourth-order valence-electron chi connectivity index (χ4n) is 2.33. The number of nitro benzene ring substituents is 1. The molecule has 0 spiro atoms. The number of carbonyl (C=O) groups excluding carboxylic acids is 1. The number of nitrogens with zero attached hydrogens (tertiary/aromatic N) is 2. The highest BCUT2D eigenvalue weighted by Crippen LogP contribution is 2.25. The molecule has 0 aliphatic rings. The van der Waals surface area contributed by atoms with Crippen molar-refractivity contribution in [2.45, 2.75) is 13.5 Å². The Morgan fingerprint density at radius 2 is 1.92 bits per heavy atom. The van der Waals surface area contributed by atoms with Crippen LogP contribution in [0.15, 0.2) is 48.5 Å². The number of nitro groups is 1. The van der Waals surface area contributed by atoms with Crippen molar-refractivity contribution in [1.82, 2.24) is 4.90 Å². The van der Waals surface area contributed by atoms with E-state index in [0.717, 1.165) is 5.56 Å². The molecule has 0 aromatic heterocycles. The molecule has 126 valence electrons. The molecular formula is C17H19N3O4. The number of hydrogen-bond acceptors (Lipinski definition) is 4. The molecule has 0 bridgehead atoms. The topological polar surface area (TPSA) is 95.7 Å². The van der Waals surface area contributed by atoms with Gasteiger partial charge >= 0.3 is 6.03 Å². The molecule has 0 unspecified atom stereocenters. The highest BCUT2D eigenvalue weighted by Gasteiger charge is 2.18. The first-order valence-electron chi connectivity index (χ1n) is 7.47. The van der Waals surface area contributed by atoms with Crippen LogP contribution in [0.5, 0.6) is 0 Å². The molecule has 0 saturated heterocycles. The molecule has 0 atom stereocenters. The van der Waals surface area contributed by atoms with Crippen molar-refractivity contribution in [2.75, 3.05) is 18.5 Å². The molecule has 2 rings (SSSR count). The van der Waals surface area contributed by atoms with Gasteiger partial charge in [0.1, 0.15) is 0 Å². The Balaban J connectivity index is 2.16. The van der Waals surface area contributed by atoms with Crippen LogP contribution >= 0.6 is 0 Å². The van der Waals surface area contributed by atoms with Crippen molar-refractivity contribution < 1.29 is 14.8 Å². The summed E-state index contributed by atoms with van der Waals surface area (Å²) in [7, 11) is 0. The highest BCUT2D eigenvalue weighted by molar-refractivity contribution is 5.90. The molecule has 2 aromatic rings. The molecular weight excluding hydrogens is 310 g/mol. The predicted octanol–water partition coefficient (Wildman–Crippen LogP) is 2.93. The highest BCUT2D eigenvalue weighted by atomic mass is 16.6. The van der Waals surface area contributed by atoms with Gasteiger partial charge < -0.3 is 15.3 Å². The van der Waals surface area contributed by atoms with E-state index in [1.807, 2.05) is 30.3 Å². The Bertz CT molecular complexity index is 719. The summed E-state index contributed by atoms with van der Waals surface area (Å²) < 4.78 is 0. The van der Waals surface area contributed by atoms with Crippen molar-refractivity contribution >= 4 is 17.4 Å². The second-order valence-corrected chi connectivity index (χ2v) is 5.27. The van der Waals surface area contributed by atoms with Crippen LogP contribution in [0.4, 0.5) is 16.2 Å². The molecule has 2 aromatic carbocycles. The molecule has 0 heterocycles. The number of nitrogens with one attached hydrogen (secondary N) is 1. The minimum absolute atomic E-state index is 0.0513. The number of carbonyl (C=O) groups is 1. The molecule has 0 aliphatic heterocycles. The van der Waals surface area contributed by atoms with Gasteiger partial charge in [0, 0.05) is 19.2 Å². The van der Waals surface area contributed by atoms with Crippen molar-refractivity contribution in [3.05, 3.63) is 69.8 Å². The second-order valence-electron chi connectivity index (χ2n) is 5.27. The quantitative estimate of drug-likeness (QED) is 0.629. The fraction of sp³-hybridized carbons (Fsp3) is 0.235. The maximum Gasteiger partial charge on any atom is 0.322 e. The van der Waals surface area contributed by atoms with Gasteiger partial charge in [0.25, 0.3) is 5.69 Å². The number of urea groups is 1. The van der Waals surface area contributed by atoms with Gasteiger partial charge in [-0.25, -0.2) is 4.79 Å². The minimum Gasteiger partial charge on any atom is -0.395 e. The zero-order valence-electron chi connectivity index (χ0n) is 13.3. The molecule has 7 nitrogen and oxygen atoms in total. The first-order chi connectivity index (χ1) is 11.5. The lowest BCUT2D eigenvalue weighted by Gasteiger charge is -2.23. The maximum absolute atomic E-state index is 12.5. The summed E-state index contributed by atoms with van der Waals surface area (Å²) in [5.74, 6) is 0. The third-order valence-electron chi connectivity index (χ3n) is 3.62. The molecule has 0 saturated carbocycles. The van der Waals surface area contributed by atoms with Gasteiger partial charge in [0.05, 0.1) is 22.8 Å². The van der Waals surface area contributed by atoms with Gasteiger partial charge in [-0.1, -0.05) is 36.4 Å². The van der Waals surface area contributed by atoms with Gasteiger partial charge in [-0.05, 0) is 18.6 Å². The van der Waals surface area contributed by atoms with Crippen molar-refractivity contribution in [3.63, 3.8) is 0 Å². The van der Waals surface area contributed by atoms with E-state index in [1.54, 1.807) is 13.0 Å². The molecule has 2 amide bonds.